The topological polar surface area (TPSA) is 89.7 Å². The largest absolute Gasteiger partial charge is 0.324 e. The first-order valence-corrected chi connectivity index (χ1v) is 11.5. The number of anilines is 2. The van der Waals surface area contributed by atoms with Crippen molar-refractivity contribution in [2.45, 2.75) is 52.6 Å². The van der Waals surface area contributed by atoms with Crippen molar-refractivity contribution in [2.75, 3.05) is 11.9 Å². The second kappa shape index (κ2) is 8.32. The van der Waals surface area contributed by atoms with Crippen molar-refractivity contribution in [3.8, 4) is 5.82 Å². The van der Waals surface area contributed by atoms with Crippen molar-refractivity contribution in [1.82, 2.24) is 29.6 Å². The Kier molecular flexibility index (Phi) is 5.44. The molecule has 1 aliphatic rings. The van der Waals surface area contributed by atoms with E-state index >= 15 is 0 Å². The zero-order chi connectivity index (χ0) is 24.0. The summed E-state index contributed by atoms with van der Waals surface area (Å²) in [5.41, 5.74) is 3.52. The summed E-state index contributed by atoms with van der Waals surface area (Å²) in [5.74, 6) is 0.436. The van der Waals surface area contributed by atoms with Crippen molar-refractivity contribution < 1.29 is 4.39 Å². The lowest BCUT2D eigenvalue weighted by molar-refractivity contribution is 0.495. The zero-order valence-corrected chi connectivity index (χ0v) is 19.8. The molecule has 0 saturated heterocycles. The van der Waals surface area contributed by atoms with Gasteiger partial charge < -0.3 is 10.6 Å². The molecule has 0 fully saturated rings. The summed E-state index contributed by atoms with van der Waals surface area (Å²) in [7, 11) is 0. The van der Waals surface area contributed by atoms with Gasteiger partial charge in [0.15, 0.2) is 11.5 Å². The number of benzene rings is 1. The van der Waals surface area contributed by atoms with Gasteiger partial charge in [0, 0.05) is 30.4 Å². The average molecular weight is 462 g/mol. The summed E-state index contributed by atoms with van der Waals surface area (Å²) >= 11 is 0. The Morgan fingerprint density at radius 1 is 1.15 bits per heavy atom. The van der Waals surface area contributed by atoms with Gasteiger partial charge in [-0.1, -0.05) is 26.8 Å². The highest BCUT2D eigenvalue weighted by molar-refractivity contribution is 5.77. The van der Waals surface area contributed by atoms with Gasteiger partial charge in [-0.15, -0.1) is 0 Å². The molecule has 4 heterocycles. The third-order valence-electron chi connectivity index (χ3n) is 6.08. The predicted octanol–water partition coefficient (Wildman–Crippen LogP) is 3.82. The number of hydrogen-bond acceptors (Lipinski definition) is 6. The average Bonchev–Trinajstić information content (AvgIpc) is 3.09. The van der Waals surface area contributed by atoms with E-state index in [1.165, 1.54) is 23.4 Å². The molecule has 34 heavy (non-hydrogen) atoms. The van der Waals surface area contributed by atoms with Crippen molar-refractivity contribution in [2.24, 2.45) is 0 Å². The van der Waals surface area contributed by atoms with E-state index in [0.29, 0.717) is 35.0 Å². The lowest BCUT2D eigenvalue weighted by Crippen LogP contribution is -2.23. The van der Waals surface area contributed by atoms with Crippen LogP contribution in [0.15, 0.2) is 41.3 Å². The van der Waals surface area contributed by atoms with Crippen LogP contribution in [0.1, 0.15) is 44.5 Å². The van der Waals surface area contributed by atoms with E-state index in [9.17, 15) is 9.18 Å². The summed E-state index contributed by atoms with van der Waals surface area (Å²) in [6.07, 6.45) is 2.50. The standard InChI is InChI=1S/C25H28FN7O/c1-5-32-23(34)18-14-28-24(29-17-7-6-16-13-27-11-10-15(16)12-17)31-22(18)33(32)20-9-8-19(26)21(30-20)25(2,3)4/h6-9,12,14,27H,5,10-11,13H2,1-4H3,(H,28,29,31). The van der Waals surface area contributed by atoms with Crippen LogP contribution in [0, 0.1) is 5.82 Å². The highest BCUT2D eigenvalue weighted by atomic mass is 19.1. The molecule has 0 unspecified atom stereocenters. The van der Waals surface area contributed by atoms with E-state index in [0.717, 1.165) is 25.2 Å². The zero-order valence-electron chi connectivity index (χ0n) is 19.8. The Morgan fingerprint density at radius 2 is 1.97 bits per heavy atom. The highest BCUT2D eigenvalue weighted by Crippen LogP contribution is 2.26. The number of halogens is 1. The van der Waals surface area contributed by atoms with Gasteiger partial charge >= 0.3 is 0 Å². The van der Waals surface area contributed by atoms with E-state index in [1.54, 1.807) is 15.4 Å². The molecule has 0 atom stereocenters. The Labute approximate surface area is 196 Å². The summed E-state index contributed by atoms with van der Waals surface area (Å²) in [6.45, 7) is 9.82. The normalized spacial score (nSPS) is 13.8. The van der Waals surface area contributed by atoms with Crippen LogP contribution in [0.3, 0.4) is 0 Å². The van der Waals surface area contributed by atoms with Crippen molar-refractivity contribution in [3.05, 3.63) is 69.5 Å². The molecule has 0 radical (unpaired) electrons. The lowest BCUT2D eigenvalue weighted by Gasteiger charge is -2.20. The minimum absolute atomic E-state index is 0.214. The van der Waals surface area contributed by atoms with Gasteiger partial charge in [-0.05, 0) is 55.3 Å². The summed E-state index contributed by atoms with van der Waals surface area (Å²) in [4.78, 5) is 26.7. The Bertz CT molecular complexity index is 1450. The first-order chi connectivity index (χ1) is 16.3. The predicted molar refractivity (Wildman–Crippen MR) is 130 cm³/mol. The second-order valence-corrected chi connectivity index (χ2v) is 9.55. The van der Waals surface area contributed by atoms with Crippen LogP contribution in [0.25, 0.3) is 16.9 Å². The van der Waals surface area contributed by atoms with E-state index in [2.05, 4.69) is 37.7 Å². The molecular formula is C25H28FN7O. The summed E-state index contributed by atoms with van der Waals surface area (Å²) in [6, 6.07) is 9.18. The maximum Gasteiger partial charge on any atom is 0.278 e. The fraction of sp³-hybridized carbons (Fsp3) is 0.360. The molecule has 1 aliphatic heterocycles. The number of aromatic nitrogens is 5. The van der Waals surface area contributed by atoms with Gasteiger partial charge in [0.05, 0.1) is 5.69 Å². The minimum atomic E-state index is -0.496. The number of nitrogens with one attached hydrogen (secondary N) is 2. The smallest absolute Gasteiger partial charge is 0.278 e. The molecular weight excluding hydrogens is 433 g/mol. The fourth-order valence-corrected chi connectivity index (χ4v) is 4.37. The van der Waals surface area contributed by atoms with Crippen molar-refractivity contribution in [1.29, 1.82) is 0 Å². The molecule has 5 rings (SSSR count). The van der Waals surface area contributed by atoms with Gasteiger partial charge in [-0.25, -0.2) is 23.7 Å². The van der Waals surface area contributed by atoms with Crippen LogP contribution < -0.4 is 16.2 Å². The maximum absolute atomic E-state index is 14.5. The molecule has 0 bridgehead atoms. The minimum Gasteiger partial charge on any atom is -0.324 e. The molecule has 0 amide bonds. The number of fused-ring (bicyclic) bond motifs is 2. The summed E-state index contributed by atoms with van der Waals surface area (Å²) in [5, 5.41) is 7.02. The number of rotatable bonds is 4. The molecule has 0 saturated carbocycles. The molecule has 176 valence electrons. The van der Waals surface area contributed by atoms with Crippen LogP contribution in [0.2, 0.25) is 0 Å². The van der Waals surface area contributed by atoms with Gasteiger partial charge in [0.1, 0.15) is 11.2 Å². The van der Waals surface area contributed by atoms with Gasteiger partial charge in [-0.2, -0.15) is 4.98 Å². The third kappa shape index (κ3) is 3.86. The van der Waals surface area contributed by atoms with Crippen LogP contribution in [0.5, 0.6) is 0 Å². The van der Waals surface area contributed by atoms with Crippen LogP contribution in [-0.2, 0) is 24.9 Å². The first kappa shape index (κ1) is 22.2. The van der Waals surface area contributed by atoms with Crippen LogP contribution >= 0.6 is 0 Å². The molecule has 8 nitrogen and oxygen atoms in total. The lowest BCUT2D eigenvalue weighted by atomic mass is 9.91. The van der Waals surface area contributed by atoms with E-state index in [1.807, 2.05) is 33.8 Å². The number of nitrogens with zero attached hydrogens (tertiary/aromatic N) is 5. The number of hydrogen-bond donors (Lipinski definition) is 2. The van der Waals surface area contributed by atoms with Crippen LogP contribution in [-0.4, -0.2) is 30.9 Å². The summed E-state index contributed by atoms with van der Waals surface area (Å²) < 4.78 is 17.7. The second-order valence-electron chi connectivity index (χ2n) is 9.55. The van der Waals surface area contributed by atoms with Crippen molar-refractivity contribution >= 4 is 22.7 Å². The fourth-order valence-electron chi connectivity index (χ4n) is 4.37. The molecule has 0 aliphatic carbocycles. The van der Waals surface area contributed by atoms with E-state index < -0.39 is 5.41 Å². The first-order valence-electron chi connectivity index (χ1n) is 11.5. The molecule has 0 spiro atoms. The van der Waals surface area contributed by atoms with Gasteiger partial charge in [-0.3, -0.25) is 4.79 Å². The van der Waals surface area contributed by atoms with Crippen molar-refractivity contribution in [3.63, 3.8) is 0 Å². The molecule has 4 aromatic rings. The Balaban J connectivity index is 1.62. The number of pyridine rings is 1. The molecule has 2 N–H and O–H groups in total. The van der Waals surface area contributed by atoms with Gasteiger partial charge in [0.2, 0.25) is 5.95 Å². The molecule has 1 aromatic carbocycles. The Morgan fingerprint density at radius 3 is 2.74 bits per heavy atom. The third-order valence-corrected chi connectivity index (χ3v) is 6.08. The Hall–Kier alpha value is -3.59. The molecule has 3 aromatic heterocycles. The maximum atomic E-state index is 14.5. The molecule has 9 heteroatoms. The van der Waals surface area contributed by atoms with E-state index in [-0.39, 0.29) is 11.4 Å². The quantitative estimate of drug-likeness (QED) is 0.480. The van der Waals surface area contributed by atoms with Gasteiger partial charge in [0.25, 0.3) is 5.56 Å². The SMILES string of the molecule is CCn1c(=O)c2cnc(Nc3ccc4c(c3)CCNC4)nc2n1-c1ccc(F)c(C(C)(C)C)n1. The highest BCUT2D eigenvalue weighted by Gasteiger charge is 2.23. The van der Waals surface area contributed by atoms with Crippen LogP contribution in [0.4, 0.5) is 16.0 Å². The van der Waals surface area contributed by atoms with E-state index in [4.69, 9.17) is 0 Å². The monoisotopic (exact) mass is 461 g/mol.